The van der Waals surface area contributed by atoms with Gasteiger partial charge in [0.25, 0.3) is 0 Å². The van der Waals surface area contributed by atoms with Crippen LogP contribution in [-0.2, 0) is 0 Å². The highest BCUT2D eigenvalue weighted by Crippen LogP contribution is 2.22. The van der Waals surface area contributed by atoms with Crippen LogP contribution in [0.5, 0.6) is 0 Å². The Morgan fingerprint density at radius 2 is 1.42 bits per heavy atom. The van der Waals surface area contributed by atoms with Crippen molar-refractivity contribution in [1.29, 1.82) is 0 Å². The van der Waals surface area contributed by atoms with Crippen LogP contribution in [0.2, 0.25) is 0 Å². The summed E-state index contributed by atoms with van der Waals surface area (Å²) in [6.45, 7) is 0. The molecule has 0 spiro atoms. The number of aromatic amines is 1. The molecule has 0 aliphatic heterocycles. The van der Waals surface area contributed by atoms with Gasteiger partial charge in [0.2, 0.25) is 0 Å². The molecule has 5 aromatic rings. The molecule has 0 amide bonds. The van der Waals surface area contributed by atoms with E-state index in [9.17, 15) is 0 Å². The number of nitrogens with one attached hydrogen (secondary N) is 1. The Kier molecular flexibility index (Phi) is 3.39. The fourth-order valence-corrected chi connectivity index (χ4v) is 3.18. The van der Waals surface area contributed by atoms with Crippen molar-refractivity contribution < 1.29 is 0 Å². The summed E-state index contributed by atoms with van der Waals surface area (Å²) >= 11 is 0. The molecule has 2 heterocycles. The van der Waals surface area contributed by atoms with Crippen LogP contribution in [0, 0.1) is 0 Å². The van der Waals surface area contributed by atoms with Crippen molar-refractivity contribution in [2.45, 2.75) is 0 Å². The highest BCUT2D eigenvalue weighted by atomic mass is 15.3. The van der Waals surface area contributed by atoms with Crippen LogP contribution in [0.1, 0.15) is 0 Å². The molecule has 26 heavy (non-hydrogen) atoms. The van der Waals surface area contributed by atoms with Gasteiger partial charge in [0, 0.05) is 17.0 Å². The third-order valence-electron chi connectivity index (χ3n) is 4.40. The molecule has 0 atom stereocenters. The SMILES string of the molecule is c1ccc(N=c2cc3[nH]c4ccccc4c3nn2-c2ccccc2)cc1. The third-order valence-corrected chi connectivity index (χ3v) is 4.40. The summed E-state index contributed by atoms with van der Waals surface area (Å²) in [5.41, 5.74) is 5.65. The Labute approximate surface area is 150 Å². The maximum atomic E-state index is 4.92. The number of hydrogen-bond acceptors (Lipinski definition) is 2. The molecule has 1 N–H and O–H groups in total. The predicted octanol–water partition coefficient (Wildman–Crippen LogP) is 4.74. The molecule has 124 valence electrons. The zero-order valence-corrected chi connectivity index (χ0v) is 14.0. The molecule has 0 aliphatic carbocycles. The molecule has 3 aromatic carbocycles. The fraction of sp³-hybridized carbons (Fsp3) is 0. The van der Waals surface area contributed by atoms with Gasteiger partial charge in [0.1, 0.15) is 5.52 Å². The quantitative estimate of drug-likeness (QED) is 0.497. The number of fused-ring (bicyclic) bond motifs is 3. The topological polar surface area (TPSA) is 46.0 Å². The minimum Gasteiger partial charge on any atom is -0.353 e. The maximum absolute atomic E-state index is 4.92. The van der Waals surface area contributed by atoms with Gasteiger partial charge < -0.3 is 4.98 Å². The molecule has 0 saturated carbocycles. The fourth-order valence-electron chi connectivity index (χ4n) is 3.18. The van der Waals surface area contributed by atoms with E-state index in [4.69, 9.17) is 10.1 Å². The lowest BCUT2D eigenvalue weighted by atomic mass is 10.2. The van der Waals surface area contributed by atoms with Crippen molar-refractivity contribution in [1.82, 2.24) is 14.8 Å². The molecule has 2 aromatic heterocycles. The van der Waals surface area contributed by atoms with Crippen molar-refractivity contribution >= 4 is 27.6 Å². The van der Waals surface area contributed by atoms with Crippen LogP contribution in [0.15, 0.2) is 96.0 Å². The number of rotatable bonds is 2. The van der Waals surface area contributed by atoms with Gasteiger partial charge in [-0.15, -0.1) is 0 Å². The Morgan fingerprint density at radius 1 is 0.731 bits per heavy atom. The summed E-state index contributed by atoms with van der Waals surface area (Å²) in [5, 5.41) is 6.03. The van der Waals surface area contributed by atoms with Crippen LogP contribution in [0.3, 0.4) is 0 Å². The minimum absolute atomic E-state index is 0.779. The van der Waals surface area contributed by atoms with Crippen LogP contribution >= 0.6 is 0 Å². The second-order valence-corrected chi connectivity index (χ2v) is 6.13. The van der Waals surface area contributed by atoms with Crippen LogP contribution in [-0.4, -0.2) is 14.8 Å². The first-order valence-corrected chi connectivity index (χ1v) is 8.54. The van der Waals surface area contributed by atoms with Crippen molar-refractivity contribution in [3.8, 4) is 5.69 Å². The number of H-pyrrole nitrogens is 1. The summed E-state index contributed by atoms with van der Waals surface area (Å²) in [7, 11) is 0. The third kappa shape index (κ3) is 2.48. The maximum Gasteiger partial charge on any atom is 0.156 e. The van der Waals surface area contributed by atoms with Crippen molar-refractivity contribution in [3.63, 3.8) is 0 Å². The highest BCUT2D eigenvalue weighted by molar-refractivity contribution is 6.04. The first-order chi connectivity index (χ1) is 12.9. The van der Waals surface area contributed by atoms with Crippen LogP contribution < -0.4 is 5.49 Å². The van der Waals surface area contributed by atoms with Gasteiger partial charge in [-0.2, -0.15) is 5.10 Å². The molecule has 0 bridgehead atoms. The summed E-state index contributed by atoms with van der Waals surface area (Å²) in [4.78, 5) is 8.27. The molecule has 5 rings (SSSR count). The summed E-state index contributed by atoms with van der Waals surface area (Å²) in [5.74, 6) is 0. The van der Waals surface area contributed by atoms with Gasteiger partial charge in [-0.25, -0.2) is 9.67 Å². The Bertz CT molecular complexity index is 1270. The molecule has 4 nitrogen and oxygen atoms in total. The van der Waals surface area contributed by atoms with E-state index >= 15 is 0 Å². The highest BCUT2D eigenvalue weighted by Gasteiger charge is 2.09. The van der Waals surface area contributed by atoms with Gasteiger partial charge in [-0.05, 0) is 30.3 Å². The Morgan fingerprint density at radius 3 is 2.23 bits per heavy atom. The normalized spacial score (nSPS) is 12.1. The number of benzene rings is 3. The number of para-hydroxylation sites is 3. The first kappa shape index (κ1) is 14.7. The Hall–Kier alpha value is -3.66. The van der Waals surface area contributed by atoms with E-state index in [1.54, 1.807) is 0 Å². The molecule has 0 aliphatic rings. The van der Waals surface area contributed by atoms with E-state index in [-0.39, 0.29) is 0 Å². The van der Waals surface area contributed by atoms with E-state index in [1.165, 1.54) is 0 Å². The molecule has 0 saturated heterocycles. The predicted molar refractivity (Wildman–Crippen MR) is 105 cm³/mol. The number of aromatic nitrogens is 3. The standard InChI is InChI=1S/C22H16N4/c1-3-9-16(10-4-1)23-21-15-20-22(18-13-7-8-14-19(18)24-20)25-26(21)17-11-5-2-6-12-17/h1-15,24H. The average Bonchev–Trinajstić information content (AvgIpc) is 3.06. The van der Waals surface area contributed by atoms with Crippen molar-refractivity contribution in [2.24, 2.45) is 4.99 Å². The van der Waals surface area contributed by atoms with Crippen molar-refractivity contribution in [3.05, 3.63) is 96.5 Å². The lowest BCUT2D eigenvalue weighted by Crippen LogP contribution is -2.21. The molecular weight excluding hydrogens is 320 g/mol. The van der Waals surface area contributed by atoms with E-state index < -0.39 is 0 Å². The van der Waals surface area contributed by atoms with Gasteiger partial charge in [0.05, 0.1) is 16.9 Å². The molecule has 4 heteroatoms. The lowest BCUT2D eigenvalue weighted by Gasteiger charge is -2.07. The van der Waals surface area contributed by atoms with E-state index in [0.717, 1.165) is 38.8 Å². The van der Waals surface area contributed by atoms with Gasteiger partial charge in [-0.1, -0.05) is 54.6 Å². The smallest absolute Gasteiger partial charge is 0.156 e. The zero-order chi connectivity index (χ0) is 17.3. The van der Waals surface area contributed by atoms with E-state index in [0.29, 0.717) is 0 Å². The van der Waals surface area contributed by atoms with Crippen molar-refractivity contribution in [2.75, 3.05) is 0 Å². The average molecular weight is 336 g/mol. The summed E-state index contributed by atoms with van der Waals surface area (Å²) in [6, 6.07) is 30.3. The second-order valence-electron chi connectivity index (χ2n) is 6.13. The first-order valence-electron chi connectivity index (χ1n) is 8.54. The number of hydrogen-bond donors (Lipinski definition) is 1. The molecule has 0 fully saturated rings. The molecule has 0 radical (unpaired) electrons. The zero-order valence-electron chi connectivity index (χ0n) is 14.0. The molecule has 0 unspecified atom stereocenters. The van der Waals surface area contributed by atoms with Gasteiger partial charge in [-0.3, -0.25) is 0 Å². The van der Waals surface area contributed by atoms with Gasteiger partial charge in [0.15, 0.2) is 5.49 Å². The molecular formula is C22H16N4. The lowest BCUT2D eigenvalue weighted by molar-refractivity contribution is 0.812. The Balaban J connectivity index is 1.87. The van der Waals surface area contributed by atoms with Crippen LogP contribution in [0.4, 0.5) is 5.69 Å². The van der Waals surface area contributed by atoms with Gasteiger partial charge >= 0.3 is 0 Å². The summed E-state index contributed by atoms with van der Waals surface area (Å²) in [6.07, 6.45) is 0. The second kappa shape index (κ2) is 6.01. The van der Waals surface area contributed by atoms with Crippen LogP contribution in [0.25, 0.3) is 27.6 Å². The van der Waals surface area contributed by atoms with E-state index in [1.807, 2.05) is 77.5 Å². The largest absolute Gasteiger partial charge is 0.353 e. The minimum atomic E-state index is 0.779. The number of nitrogens with zero attached hydrogens (tertiary/aromatic N) is 3. The monoisotopic (exact) mass is 336 g/mol. The van der Waals surface area contributed by atoms with E-state index in [2.05, 4.69) is 23.2 Å². The summed E-state index contributed by atoms with van der Waals surface area (Å²) < 4.78 is 1.90.